The minimum absolute atomic E-state index is 0.0251. The quantitative estimate of drug-likeness (QED) is 0.814. The molecular formula is C19H27N3O3. The summed E-state index contributed by atoms with van der Waals surface area (Å²) in [6.45, 7) is 6.08. The second-order valence-electron chi connectivity index (χ2n) is 6.96. The molecule has 3 rings (SSSR count). The molecule has 0 bridgehead atoms. The van der Waals surface area contributed by atoms with Crippen molar-refractivity contribution in [1.82, 2.24) is 9.80 Å². The van der Waals surface area contributed by atoms with Gasteiger partial charge in [-0.3, -0.25) is 9.69 Å². The van der Waals surface area contributed by atoms with E-state index in [4.69, 9.17) is 0 Å². The van der Waals surface area contributed by atoms with Gasteiger partial charge in [0.1, 0.15) is 6.04 Å². The van der Waals surface area contributed by atoms with Gasteiger partial charge < -0.3 is 14.9 Å². The van der Waals surface area contributed by atoms with Gasteiger partial charge in [0.25, 0.3) is 0 Å². The van der Waals surface area contributed by atoms with Crippen LogP contribution in [0.4, 0.5) is 5.69 Å². The highest BCUT2D eigenvalue weighted by atomic mass is 16.4. The van der Waals surface area contributed by atoms with Gasteiger partial charge in [-0.05, 0) is 31.9 Å². The predicted octanol–water partition coefficient (Wildman–Crippen LogP) is 1.66. The summed E-state index contributed by atoms with van der Waals surface area (Å²) >= 11 is 0. The number of piperazine rings is 1. The number of rotatable bonds is 7. The fourth-order valence-electron chi connectivity index (χ4n) is 3.46. The van der Waals surface area contributed by atoms with Crippen LogP contribution in [-0.4, -0.2) is 71.6 Å². The van der Waals surface area contributed by atoms with E-state index >= 15 is 0 Å². The van der Waals surface area contributed by atoms with Gasteiger partial charge in [0.2, 0.25) is 5.91 Å². The first-order valence-electron chi connectivity index (χ1n) is 9.12. The first-order chi connectivity index (χ1) is 12.1. The molecule has 136 valence electrons. The maximum atomic E-state index is 12.5. The zero-order valence-electron chi connectivity index (χ0n) is 14.8. The van der Waals surface area contributed by atoms with E-state index in [1.165, 1.54) is 5.69 Å². The number of carboxylic acids is 1. The molecule has 1 atom stereocenters. The number of aliphatic carboxylic acids is 1. The molecule has 1 aliphatic carbocycles. The lowest BCUT2D eigenvalue weighted by molar-refractivity contribution is -0.150. The smallest absolute Gasteiger partial charge is 0.326 e. The number of benzene rings is 1. The highest BCUT2D eigenvalue weighted by molar-refractivity contribution is 5.84. The molecule has 1 amide bonds. The van der Waals surface area contributed by atoms with Crippen LogP contribution in [0.2, 0.25) is 0 Å². The number of anilines is 1. The average Bonchev–Trinajstić information content (AvgIpc) is 3.46. The van der Waals surface area contributed by atoms with Gasteiger partial charge in [0.05, 0.1) is 0 Å². The first-order valence-corrected chi connectivity index (χ1v) is 9.12. The third kappa shape index (κ3) is 4.51. The van der Waals surface area contributed by atoms with Crippen LogP contribution in [0.15, 0.2) is 30.3 Å². The van der Waals surface area contributed by atoms with Gasteiger partial charge in [-0.25, -0.2) is 4.79 Å². The number of hydrogen-bond donors (Lipinski definition) is 1. The molecule has 1 unspecified atom stereocenters. The summed E-state index contributed by atoms with van der Waals surface area (Å²) in [7, 11) is 0. The monoisotopic (exact) mass is 345 g/mol. The molecule has 0 spiro atoms. The van der Waals surface area contributed by atoms with Crippen molar-refractivity contribution in [3.8, 4) is 0 Å². The second kappa shape index (κ2) is 7.87. The predicted molar refractivity (Wildman–Crippen MR) is 96.7 cm³/mol. The summed E-state index contributed by atoms with van der Waals surface area (Å²) in [4.78, 5) is 30.0. The molecule has 1 N–H and O–H groups in total. The Hall–Kier alpha value is -2.08. The minimum atomic E-state index is -0.920. The van der Waals surface area contributed by atoms with Crippen LogP contribution in [-0.2, 0) is 9.59 Å². The minimum Gasteiger partial charge on any atom is -0.480 e. The third-order valence-electron chi connectivity index (χ3n) is 5.14. The van der Waals surface area contributed by atoms with E-state index in [1.807, 2.05) is 6.07 Å². The molecule has 0 aromatic heterocycles. The van der Waals surface area contributed by atoms with E-state index in [1.54, 1.807) is 11.8 Å². The van der Waals surface area contributed by atoms with E-state index in [2.05, 4.69) is 34.1 Å². The molecule has 2 fully saturated rings. The number of carbonyl (C=O) groups is 2. The lowest BCUT2D eigenvalue weighted by Crippen LogP contribution is -2.49. The molecule has 1 aromatic carbocycles. The van der Waals surface area contributed by atoms with E-state index in [0.29, 0.717) is 13.0 Å². The standard InChI is InChI=1S/C19H27N3O3/c1-15(19(24)25)22(17-7-8-17)18(23)9-10-20-11-13-21(14-12-20)16-5-3-2-4-6-16/h2-6,15,17H,7-14H2,1H3,(H,24,25). The fourth-order valence-corrected chi connectivity index (χ4v) is 3.46. The average molecular weight is 345 g/mol. The Balaban J connectivity index is 1.46. The molecule has 1 aliphatic heterocycles. The number of para-hydroxylation sites is 1. The largest absolute Gasteiger partial charge is 0.480 e. The van der Waals surface area contributed by atoms with Crippen molar-refractivity contribution in [2.45, 2.75) is 38.3 Å². The molecule has 1 saturated carbocycles. The number of carboxylic acid groups (broad SMARTS) is 1. The van der Waals surface area contributed by atoms with E-state index in [9.17, 15) is 14.7 Å². The van der Waals surface area contributed by atoms with Crippen LogP contribution in [0.1, 0.15) is 26.2 Å². The highest BCUT2D eigenvalue weighted by Gasteiger charge is 2.38. The van der Waals surface area contributed by atoms with E-state index in [-0.39, 0.29) is 11.9 Å². The van der Waals surface area contributed by atoms with Crippen LogP contribution < -0.4 is 4.90 Å². The second-order valence-corrected chi connectivity index (χ2v) is 6.96. The molecule has 0 radical (unpaired) electrons. The summed E-state index contributed by atoms with van der Waals surface area (Å²) in [5, 5.41) is 9.22. The molecule has 1 heterocycles. The Kier molecular flexibility index (Phi) is 5.58. The van der Waals surface area contributed by atoms with Gasteiger partial charge in [-0.15, -0.1) is 0 Å². The van der Waals surface area contributed by atoms with Gasteiger partial charge >= 0.3 is 5.97 Å². The van der Waals surface area contributed by atoms with Crippen LogP contribution in [0.3, 0.4) is 0 Å². The zero-order valence-corrected chi connectivity index (χ0v) is 14.8. The van der Waals surface area contributed by atoms with Crippen LogP contribution in [0, 0.1) is 0 Å². The van der Waals surface area contributed by atoms with Crippen molar-refractivity contribution in [3.05, 3.63) is 30.3 Å². The molecule has 1 aromatic rings. The SMILES string of the molecule is CC(C(=O)O)N(C(=O)CCN1CCN(c2ccccc2)CC1)C1CC1. The Morgan fingerprint density at radius 2 is 1.80 bits per heavy atom. The van der Waals surface area contributed by atoms with Crippen molar-refractivity contribution < 1.29 is 14.7 Å². The zero-order chi connectivity index (χ0) is 17.8. The number of nitrogens with zero attached hydrogens (tertiary/aromatic N) is 3. The van der Waals surface area contributed by atoms with Crippen LogP contribution >= 0.6 is 0 Å². The Bertz CT molecular complexity index is 595. The Labute approximate surface area is 149 Å². The number of amides is 1. The van der Waals surface area contributed by atoms with Crippen molar-refractivity contribution in [2.24, 2.45) is 0 Å². The van der Waals surface area contributed by atoms with Gasteiger partial charge in [0, 0.05) is 50.9 Å². The molecule has 1 saturated heterocycles. The molecule has 2 aliphatic rings. The van der Waals surface area contributed by atoms with Gasteiger partial charge in [-0.1, -0.05) is 18.2 Å². The molecule has 6 heteroatoms. The maximum Gasteiger partial charge on any atom is 0.326 e. The summed E-state index contributed by atoms with van der Waals surface area (Å²) < 4.78 is 0. The van der Waals surface area contributed by atoms with E-state index in [0.717, 1.165) is 39.0 Å². The third-order valence-corrected chi connectivity index (χ3v) is 5.14. The van der Waals surface area contributed by atoms with Gasteiger partial charge in [-0.2, -0.15) is 0 Å². The Morgan fingerprint density at radius 1 is 1.16 bits per heavy atom. The normalized spacial score (nSPS) is 19.5. The van der Waals surface area contributed by atoms with E-state index < -0.39 is 12.0 Å². The fraction of sp³-hybridized carbons (Fsp3) is 0.579. The summed E-state index contributed by atoms with van der Waals surface area (Å²) in [5.74, 6) is -0.945. The van der Waals surface area contributed by atoms with Crippen molar-refractivity contribution >= 4 is 17.6 Å². The lowest BCUT2D eigenvalue weighted by atomic mass is 10.2. The first kappa shape index (κ1) is 17.7. The summed E-state index contributed by atoms with van der Waals surface area (Å²) in [6.07, 6.45) is 2.26. The number of hydrogen-bond acceptors (Lipinski definition) is 4. The molecule has 6 nitrogen and oxygen atoms in total. The molecular weight excluding hydrogens is 318 g/mol. The summed E-state index contributed by atoms with van der Waals surface area (Å²) in [5.41, 5.74) is 1.24. The van der Waals surface area contributed by atoms with Crippen molar-refractivity contribution in [2.75, 3.05) is 37.6 Å². The van der Waals surface area contributed by atoms with Crippen molar-refractivity contribution in [3.63, 3.8) is 0 Å². The van der Waals surface area contributed by atoms with Crippen molar-refractivity contribution in [1.29, 1.82) is 0 Å². The number of carbonyl (C=O) groups excluding carboxylic acids is 1. The van der Waals surface area contributed by atoms with Crippen LogP contribution in [0.5, 0.6) is 0 Å². The maximum absolute atomic E-state index is 12.5. The lowest BCUT2D eigenvalue weighted by Gasteiger charge is -2.36. The molecule has 25 heavy (non-hydrogen) atoms. The van der Waals surface area contributed by atoms with Crippen LogP contribution in [0.25, 0.3) is 0 Å². The summed E-state index contributed by atoms with van der Waals surface area (Å²) in [6, 6.07) is 9.78. The van der Waals surface area contributed by atoms with Gasteiger partial charge in [0.15, 0.2) is 0 Å². The Morgan fingerprint density at radius 3 is 2.36 bits per heavy atom. The highest BCUT2D eigenvalue weighted by Crippen LogP contribution is 2.29. The topological polar surface area (TPSA) is 64.1 Å².